The molecule has 1 heterocycles. The molecule has 0 atom stereocenters. The van der Waals surface area contributed by atoms with Gasteiger partial charge in [0.05, 0.1) is 14.8 Å². The Morgan fingerprint density at radius 3 is 2.71 bits per heavy atom. The van der Waals surface area contributed by atoms with Gasteiger partial charge in [-0.05, 0) is 25.0 Å². The number of likely N-dealkylation sites (N-methyl/N-ethyl adjacent to an activating group) is 1. The average Bonchev–Trinajstić information content (AvgIpc) is 2.86. The summed E-state index contributed by atoms with van der Waals surface area (Å²) in [5.41, 5.74) is -0.689. The quantitative estimate of drug-likeness (QED) is 0.920. The van der Waals surface area contributed by atoms with E-state index in [4.69, 9.17) is 11.6 Å². The van der Waals surface area contributed by atoms with E-state index in [9.17, 15) is 9.90 Å². The fraction of sp³-hybridized carbons (Fsp3) is 0.583. The van der Waals surface area contributed by atoms with Gasteiger partial charge in [-0.15, -0.1) is 11.3 Å². The number of carbonyl (C=O) groups excluding carboxylic acids is 1. The highest BCUT2D eigenvalue weighted by Gasteiger charge is 2.33. The van der Waals surface area contributed by atoms with Crippen molar-refractivity contribution in [2.45, 2.75) is 31.3 Å². The van der Waals surface area contributed by atoms with Gasteiger partial charge < -0.3 is 10.0 Å². The molecule has 1 fully saturated rings. The van der Waals surface area contributed by atoms with E-state index in [0.717, 1.165) is 25.7 Å². The molecule has 1 aromatic rings. The van der Waals surface area contributed by atoms with E-state index in [2.05, 4.69) is 0 Å². The lowest BCUT2D eigenvalue weighted by Crippen LogP contribution is -2.41. The van der Waals surface area contributed by atoms with Crippen LogP contribution in [0.15, 0.2) is 12.1 Å². The summed E-state index contributed by atoms with van der Waals surface area (Å²) >= 11 is 7.08. The van der Waals surface area contributed by atoms with E-state index in [1.165, 1.54) is 11.3 Å². The largest absolute Gasteiger partial charge is 0.388 e. The predicted octanol–water partition coefficient (Wildman–Crippen LogP) is 2.78. The van der Waals surface area contributed by atoms with Gasteiger partial charge >= 0.3 is 0 Å². The lowest BCUT2D eigenvalue weighted by atomic mass is 10.0. The molecule has 1 N–H and O–H groups in total. The third kappa shape index (κ3) is 3.00. The number of halogens is 1. The molecule has 94 valence electrons. The van der Waals surface area contributed by atoms with Gasteiger partial charge in [0.1, 0.15) is 0 Å². The number of nitrogens with zero attached hydrogens (tertiary/aromatic N) is 1. The molecule has 5 heteroatoms. The Morgan fingerprint density at radius 2 is 2.18 bits per heavy atom. The van der Waals surface area contributed by atoms with Crippen molar-refractivity contribution in [1.82, 2.24) is 4.90 Å². The van der Waals surface area contributed by atoms with Crippen molar-refractivity contribution >= 4 is 28.8 Å². The summed E-state index contributed by atoms with van der Waals surface area (Å²) in [5, 5.41) is 10.2. The Balaban J connectivity index is 2.00. The zero-order valence-electron chi connectivity index (χ0n) is 9.78. The molecular weight excluding hydrogens is 258 g/mol. The van der Waals surface area contributed by atoms with Gasteiger partial charge in [-0.25, -0.2) is 0 Å². The zero-order chi connectivity index (χ0) is 12.5. The monoisotopic (exact) mass is 273 g/mol. The molecule has 0 spiro atoms. The van der Waals surface area contributed by atoms with E-state index in [-0.39, 0.29) is 5.91 Å². The van der Waals surface area contributed by atoms with Crippen molar-refractivity contribution in [3.05, 3.63) is 21.3 Å². The maximum absolute atomic E-state index is 12.1. The number of aliphatic hydroxyl groups is 1. The van der Waals surface area contributed by atoms with Crippen LogP contribution in [-0.4, -0.2) is 35.1 Å². The molecule has 0 unspecified atom stereocenters. The average molecular weight is 274 g/mol. The molecule has 1 amide bonds. The van der Waals surface area contributed by atoms with Gasteiger partial charge in [-0.2, -0.15) is 0 Å². The van der Waals surface area contributed by atoms with Crippen LogP contribution >= 0.6 is 22.9 Å². The SMILES string of the molecule is CN(CC1(O)CCCC1)C(=O)c1ccc(Cl)s1. The molecule has 17 heavy (non-hydrogen) atoms. The van der Waals surface area contributed by atoms with Crippen molar-refractivity contribution in [3.63, 3.8) is 0 Å². The summed E-state index contributed by atoms with van der Waals surface area (Å²) in [6.07, 6.45) is 3.67. The van der Waals surface area contributed by atoms with Crippen LogP contribution in [-0.2, 0) is 0 Å². The second-order valence-electron chi connectivity index (χ2n) is 4.70. The first-order valence-electron chi connectivity index (χ1n) is 5.73. The number of rotatable bonds is 3. The van der Waals surface area contributed by atoms with Crippen molar-refractivity contribution in [1.29, 1.82) is 0 Å². The Hall–Kier alpha value is -0.580. The minimum absolute atomic E-state index is 0.0674. The first-order valence-corrected chi connectivity index (χ1v) is 6.93. The molecule has 1 aliphatic carbocycles. The highest BCUT2D eigenvalue weighted by atomic mass is 35.5. The molecule has 2 rings (SSSR count). The minimum Gasteiger partial charge on any atom is -0.388 e. The Kier molecular flexibility index (Phi) is 3.76. The molecular formula is C12H16ClNO2S. The third-order valence-electron chi connectivity index (χ3n) is 3.20. The van der Waals surface area contributed by atoms with Gasteiger partial charge in [-0.3, -0.25) is 4.79 Å². The third-order valence-corrected chi connectivity index (χ3v) is 4.42. The van der Waals surface area contributed by atoms with E-state index < -0.39 is 5.60 Å². The molecule has 0 radical (unpaired) electrons. The van der Waals surface area contributed by atoms with E-state index in [0.29, 0.717) is 15.8 Å². The predicted molar refractivity (Wildman–Crippen MR) is 69.7 cm³/mol. The second kappa shape index (κ2) is 4.96. The smallest absolute Gasteiger partial charge is 0.263 e. The fourth-order valence-electron chi connectivity index (χ4n) is 2.32. The lowest BCUT2D eigenvalue weighted by Gasteiger charge is -2.28. The van der Waals surface area contributed by atoms with Crippen LogP contribution in [0.3, 0.4) is 0 Å². The molecule has 1 aromatic heterocycles. The minimum atomic E-state index is -0.689. The van der Waals surface area contributed by atoms with Gasteiger partial charge in [0, 0.05) is 13.6 Å². The fourth-order valence-corrected chi connectivity index (χ4v) is 3.36. The molecule has 0 bridgehead atoms. The van der Waals surface area contributed by atoms with Gasteiger partial charge in [0.2, 0.25) is 0 Å². The summed E-state index contributed by atoms with van der Waals surface area (Å²) in [5.74, 6) is -0.0674. The highest BCUT2D eigenvalue weighted by Crippen LogP contribution is 2.30. The van der Waals surface area contributed by atoms with Crippen LogP contribution in [0.25, 0.3) is 0 Å². The molecule has 1 aliphatic rings. The van der Waals surface area contributed by atoms with Crippen LogP contribution in [0, 0.1) is 0 Å². The topological polar surface area (TPSA) is 40.5 Å². The van der Waals surface area contributed by atoms with Crippen molar-refractivity contribution < 1.29 is 9.90 Å². The van der Waals surface area contributed by atoms with Crippen molar-refractivity contribution in [2.24, 2.45) is 0 Å². The molecule has 0 saturated heterocycles. The number of hydrogen-bond acceptors (Lipinski definition) is 3. The van der Waals surface area contributed by atoms with Gasteiger partial charge in [0.15, 0.2) is 0 Å². The van der Waals surface area contributed by atoms with Crippen molar-refractivity contribution in [3.8, 4) is 0 Å². The highest BCUT2D eigenvalue weighted by molar-refractivity contribution is 7.17. The summed E-state index contributed by atoms with van der Waals surface area (Å²) in [4.78, 5) is 14.3. The molecule has 0 aliphatic heterocycles. The van der Waals surface area contributed by atoms with E-state index in [1.54, 1.807) is 24.1 Å². The van der Waals surface area contributed by atoms with Crippen LogP contribution < -0.4 is 0 Å². The maximum atomic E-state index is 12.1. The standard InChI is InChI=1S/C12H16ClNO2S/c1-14(8-12(16)6-2-3-7-12)11(15)9-4-5-10(13)17-9/h4-5,16H,2-3,6-8H2,1H3. The maximum Gasteiger partial charge on any atom is 0.263 e. The first-order chi connectivity index (χ1) is 8.00. The number of hydrogen-bond donors (Lipinski definition) is 1. The summed E-state index contributed by atoms with van der Waals surface area (Å²) in [6.45, 7) is 0.404. The number of carbonyl (C=O) groups is 1. The van der Waals surface area contributed by atoms with Crippen LogP contribution in [0.4, 0.5) is 0 Å². The zero-order valence-corrected chi connectivity index (χ0v) is 11.4. The lowest BCUT2D eigenvalue weighted by molar-refractivity contribution is 0.0158. The Morgan fingerprint density at radius 1 is 1.53 bits per heavy atom. The number of thiophene rings is 1. The summed E-state index contributed by atoms with van der Waals surface area (Å²) in [6, 6.07) is 3.45. The normalized spacial score (nSPS) is 18.3. The summed E-state index contributed by atoms with van der Waals surface area (Å²) in [7, 11) is 1.73. The Bertz CT molecular complexity index is 412. The van der Waals surface area contributed by atoms with Gasteiger partial charge in [0.25, 0.3) is 5.91 Å². The molecule has 0 aromatic carbocycles. The molecule has 1 saturated carbocycles. The van der Waals surface area contributed by atoms with Crippen LogP contribution in [0.2, 0.25) is 4.34 Å². The number of amides is 1. The molecule has 3 nitrogen and oxygen atoms in total. The second-order valence-corrected chi connectivity index (χ2v) is 6.41. The van der Waals surface area contributed by atoms with Crippen LogP contribution in [0.5, 0.6) is 0 Å². The Labute approximate surface area is 110 Å². The van der Waals surface area contributed by atoms with E-state index >= 15 is 0 Å². The van der Waals surface area contributed by atoms with Crippen molar-refractivity contribution in [2.75, 3.05) is 13.6 Å². The summed E-state index contributed by atoms with van der Waals surface area (Å²) < 4.78 is 0.612. The van der Waals surface area contributed by atoms with Gasteiger partial charge in [-0.1, -0.05) is 24.4 Å². The first kappa shape index (κ1) is 12.9. The van der Waals surface area contributed by atoms with E-state index in [1.807, 2.05) is 0 Å². The van der Waals surface area contributed by atoms with Crippen LogP contribution in [0.1, 0.15) is 35.4 Å².